The summed E-state index contributed by atoms with van der Waals surface area (Å²) < 4.78 is 0. The normalized spacial score (nSPS) is 9.80. The molecule has 0 saturated carbocycles. The molecule has 0 spiro atoms. The summed E-state index contributed by atoms with van der Waals surface area (Å²) in [5, 5.41) is 5.66. The Morgan fingerprint density at radius 2 is 1.80 bits per heavy atom. The highest BCUT2D eigenvalue weighted by Gasteiger charge is 2.02. The Morgan fingerprint density at radius 1 is 1.13 bits per heavy atom. The van der Waals surface area contributed by atoms with Gasteiger partial charge in [0.2, 0.25) is 11.8 Å². The minimum Gasteiger partial charge on any atom is -0.359 e. The van der Waals surface area contributed by atoms with Crippen LogP contribution in [0.1, 0.15) is 19.3 Å². The number of amides is 2. The van der Waals surface area contributed by atoms with Crippen molar-refractivity contribution in [2.45, 2.75) is 19.3 Å². The van der Waals surface area contributed by atoms with Gasteiger partial charge in [0.25, 0.3) is 0 Å². The number of hydrogen-bond acceptors (Lipinski definition) is 3. The van der Waals surface area contributed by atoms with Crippen molar-refractivity contribution in [2.75, 3.05) is 34.2 Å². The van der Waals surface area contributed by atoms with E-state index >= 15 is 0 Å². The second-order valence-electron chi connectivity index (χ2n) is 3.56. The van der Waals surface area contributed by atoms with Crippen molar-refractivity contribution in [1.29, 1.82) is 0 Å². The van der Waals surface area contributed by atoms with Crippen LogP contribution in [0.4, 0.5) is 0 Å². The maximum Gasteiger partial charge on any atom is 0.222 e. The molecule has 0 fully saturated rings. The molecule has 0 bridgehead atoms. The van der Waals surface area contributed by atoms with E-state index in [9.17, 15) is 9.59 Å². The van der Waals surface area contributed by atoms with Crippen LogP contribution in [-0.2, 0) is 9.59 Å². The lowest BCUT2D eigenvalue weighted by molar-refractivity contribution is -0.128. The van der Waals surface area contributed by atoms with Crippen LogP contribution in [0.25, 0.3) is 0 Å². The van der Waals surface area contributed by atoms with Gasteiger partial charge in [0, 0.05) is 40.5 Å². The maximum atomic E-state index is 11.2. The molecular weight excluding hydrogens is 194 g/mol. The van der Waals surface area contributed by atoms with Crippen molar-refractivity contribution in [3.05, 3.63) is 0 Å². The van der Waals surface area contributed by atoms with Crippen LogP contribution in [0.2, 0.25) is 0 Å². The number of carbonyl (C=O) groups excluding carboxylic acids is 2. The highest BCUT2D eigenvalue weighted by atomic mass is 16.2. The van der Waals surface area contributed by atoms with E-state index in [2.05, 4.69) is 10.6 Å². The van der Waals surface area contributed by atoms with Gasteiger partial charge in [0.1, 0.15) is 0 Å². The third-order valence-electron chi connectivity index (χ3n) is 2.05. The van der Waals surface area contributed by atoms with Gasteiger partial charge >= 0.3 is 0 Å². The number of rotatable bonds is 7. The SMILES string of the molecule is CNC(=O)CCNCCCC(=O)N(C)C. The summed E-state index contributed by atoms with van der Waals surface area (Å²) in [5.41, 5.74) is 0. The molecule has 0 aliphatic carbocycles. The molecule has 2 amide bonds. The zero-order chi connectivity index (χ0) is 11.7. The van der Waals surface area contributed by atoms with Crippen molar-refractivity contribution in [3.8, 4) is 0 Å². The van der Waals surface area contributed by atoms with Crippen LogP contribution in [-0.4, -0.2) is 50.9 Å². The van der Waals surface area contributed by atoms with E-state index in [1.165, 1.54) is 0 Å². The first kappa shape index (κ1) is 13.9. The molecule has 0 aliphatic heterocycles. The molecule has 0 aromatic carbocycles. The summed E-state index contributed by atoms with van der Waals surface area (Å²) in [6, 6.07) is 0. The average molecular weight is 215 g/mol. The van der Waals surface area contributed by atoms with Gasteiger partial charge in [-0.3, -0.25) is 9.59 Å². The highest BCUT2D eigenvalue weighted by Crippen LogP contribution is 1.91. The maximum absolute atomic E-state index is 11.2. The molecule has 2 N–H and O–H groups in total. The predicted octanol–water partition coefficient (Wildman–Crippen LogP) is -0.419. The molecule has 0 unspecified atom stereocenters. The Kier molecular flexibility index (Phi) is 7.62. The second kappa shape index (κ2) is 8.23. The number of nitrogens with zero attached hydrogens (tertiary/aromatic N) is 1. The van der Waals surface area contributed by atoms with E-state index in [0.717, 1.165) is 13.0 Å². The van der Waals surface area contributed by atoms with Gasteiger partial charge in [-0.15, -0.1) is 0 Å². The lowest BCUT2D eigenvalue weighted by Crippen LogP contribution is -2.26. The average Bonchev–Trinajstić information content (AvgIpc) is 2.22. The van der Waals surface area contributed by atoms with Crippen molar-refractivity contribution in [1.82, 2.24) is 15.5 Å². The molecule has 0 atom stereocenters. The summed E-state index contributed by atoms with van der Waals surface area (Å²) in [6.45, 7) is 1.44. The van der Waals surface area contributed by atoms with Crippen LogP contribution in [0.3, 0.4) is 0 Å². The molecule has 0 rings (SSSR count). The Labute approximate surface area is 91.2 Å². The number of carbonyl (C=O) groups is 2. The highest BCUT2D eigenvalue weighted by molar-refractivity contribution is 5.76. The Hall–Kier alpha value is -1.10. The minimum atomic E-state index is 0.0341. The fourth-order valence-corrected chi connectivity index (χ4v) is 1.04. The second-order valence-corrected chi connectivity index (χ2v) is 3.56. The summed E-state index contributed by atoms with van der Waals surface area (Å²) in [5.74, 6) is 0.176. The largest absolute Gasteiger partial charge is 0.359 e. The van der Waals surface area contributed by atoms with Crippen LogP contribution >= 0.6 is 0 Å². The molecule has 0 radical (unpaired) electrons. The third kappa shape index (κ3) is 7.93. The zero-order valence-electron chi connectivity index (χ0n) is 9.80. The first-order valence-electron chi connectivity index (χ1n) is 5.19. The molecule has 5 heteroatoms. The van der Waals surface area contributed by atoms with Gasteiger partial charge in [-0.2, -0.15) is 0 Å². The van der Waals surface area contributed by atoms with E-state index in [-0.39, 0.29) is 11.8 Å². The first-order valence-corrected chi connectivity index (χ1v) is 5.19. The van der Waals surface area contributed by atoms with Crippen molar-refractivity contribution in [3.63, 3.8) is 0 Å². The molecule has 0 heterocycles. The number of hydrogen-bond donors (Lipinski definition) is 2. The van der Waals surface area contributed by atoms with Crippen LogP contribution in [0, 0.1) is 0 Å². The first-order chi connectivity index (χ1) is 7.07. The van der Waals surface area contributed by atoms with Gasteiger partial charge < -0.3 is 15.5 Å². The summed E-state index contributed by atoms with van der Waals surface area (Å²) in [4.78, 5) is 23.6. The van der Waals surface area contributed by atoms with Crippen LogP contribution in [0.15, 0.2) is 0 Å². The molecule has 15 heavy (non-hydrogen) atoms. The minimum absolute atomic E-state index is 0.0341. The van der Waals surface area contributed by atoms with Crippen molar-refractivity contribution < 1.29 is 9.59 Å². The lowest BCUT2D eigenvalue weighted by atomic mass is 10.3. The monoisotopic (exact) mass is 215 g/mol. The Bertz CT molecular complexity index is 205. The van der Waals surface area contributed by atoms with Gasteiger partial charge in [0.05, 0.1) is 0 Å². The fourth-order valence-electron chi connectivity index (χ4n) is 1.04. The van der Waals surface area contributed by atoms with Crippen LogP contribution < -0.4 is 10.6 Å². The van der Waals surface area contributed by atoms with Gasteiger partial charge in [0.15, 0.2) is 0 Å². The van der Waals surface area contributed by atoms with Gasteiger partial charge in [-0.25, -0.2) is 0 Å². The standard InChI is InChI=1S/C10H21N3O2/c1-11-9(14)6-8-12-7-4-5-10(15)13(2)3/h12H,4-8H2,1-3H3,(H,11,14). The Balaban J connectivity index is 3.25. The van der Waals surface area contributed by atoms with Gasteiger partial charge in [-0.05, 0) is 13.0 Å². The molecule has 0 saturated heterocycles. The quantitative estimate of drug-likeness (QED) is 0.567. The molecule has 0 aliphatic rings. The van der Waals surface area contributed by atoms with Crippen molar-refractivity contribution in [2.24, 2.45) is 0 Å². The predicted molar refractivity (Wildman–Crippen MR) is 59.5 cm³/mol. The van der Waals surface area contributed by atoms with E-state index < -0.39 is 0 Å². The fraction of sp³-hybridized carbons (Fsp3) is 0.800. The van der Waals surface area contributed by atoms with Gasteiger partial charge in [-0.1, -0.05) is 0 Å². The topological polar surface area (TPSA) is 61.4 Å². The van der Waals surface area contributed by atoms with E-state index in [1.54, 1.807) is 26.0 Å². The molecular formula is C10H21N3O2. The molecule has 88 valence electrons. The number of nitrogens with one attached hydrogen (secondary N) is 2. The summed E-state index contributed by atoms with van der Waals surface area (Å²) >= 11 is 0. The summed E-state index contributed by atoms with van der Waals surface area (Å²) in [6.07, 6.45) is 1.85. The molecule has 0 aromatic rings. The Morgan fingerprint density at radius 3 is 2.33 bits per heavy atom. The van der Waals surface area contributed by atoms with E-state index in [4.69, 9.17) is 0 Å². The van der Waals surface area contributed by atoms with E-state index in [1.807, 2.05) is 0 Å². The molecule has 5 nitrogen and oxygen atoms in total. The lowest BCUT2D eigenvalue weighted by Gasteiger charge is -2.09. The van der Waals surface area contributed by atoms with Crippen molar-refractivity contribution >= 4 is 11.8 Å². The molecule has 0 aromatic heterocycles. The smallest absolute Gasteiger partial charge is 0.222 e. The third-order valence-corrected chi connectivity index (χ3v) is 2.05. The summed E-state index contributed by atoms with van der Waals surface area (Å²) in [7, 11) is 5.13. The van der Waals surface area contributed by atoms with E-state index in [0.29, 0.717) is 19.4 Å². The zero-order valence-corrected chi connectivity index (χ0v) is 9.80. The van der Waals surface area contributed by atoms with Crippen LogP contribution in [0.5, 0.6) is 0 Å².